The smallest absolute Gasteiger partial charge is 0.324 e. The molecule has 9 rings (SSSR count). The molecule has 0 atom stereocenters. The molecule has 30 nitrogen and oxygen atoms in total. The van der Waals surface area contributed by atoms with Gasteiger partial charge in [0.2, 0.25) is 30.1 Å². The predicted molar refractivity (Wildman–Crippen MR) is 296 cm³/mol. The van der Waals surface area contributed by atoms with Crippen LogP contribution in [0.2, 0.25) is 0 Å². The van der Waals surface area contributed by atoms with E-state index in [1.165, 1.54) is 60.7 Å². The van der Waals surface area contributed by atoms with Gasteiger partial charge in [0.25, 0.3) is 10.1 Å². The maximum absolute atomic E-state index is 13.9. The number of aromatic amines is 2. The molecule has 0 radical (unpaired) electrons. The Morgan fingerprint density at radius 1 is 0.439 bits per heavy atom. The van der Waals surface area contributed by atoms with Crippen LogP contribution in [-0.2, 0) is 69.4 Å². The fourth-order valence-corrected chi connectivity index (χ4v) is 13.1. The Labute approximate surface area is 469 Å². The zero-order valence-corrected chi connectivity index (χ0v) is 48.2. The van der Waals surface area contributed by atoms with Gasteiger partial charge in [-0.05, 0) is 113 Å². The number of H-pyrrole nitrogens is 2. The molecular weight excluding hydrogens is 1200 g/mol. The second kappa shape index (κ2) is 23.3. The number of nitrogens with zero attached hydrogens (tertiary/aromatic N) is 8. The van der Waals surface area contributed by atoms with E-state index in [4.69, 9.17) is 39.0 Å². The van der Waals surface area contributed by atoms with Crippen molar-refractivity contribution in [1.82, 2.24) is 63.8 Å². The summed E-state index contributed by atoms with van der Waals surface area (Å²) in [6, 6.07) is 15.9. The van der Waals surface area contributed by atoms with E-state index in [-0.39, 0.29) is 163 Å². The first-order valence-corrected chi connectivity index (χ1v) is 33.1. The molecule has 438 valence electrons. The molecule has 0 saturated heterocycles. The lowest BCUT2D eigenvalue weighted by molar-refractivity contribution is 0.217. The van der Waals surface area contributed by atoms with Gasteiger partial charge in [0.15, 0.2) is 23.3 Å². The first-order chi connectivity index (χ1) is 38.5. The average Bonchev–Trinajstić information content (AvgIpc) is 3.52. The lowest BCUT2D eigenvalue weighted by Gasteiger charge is -2.16. The largest absolute Gasteiger partial charge is 0.397 e. The molecule has 8 bridgehead atoms. The van der Waals surface area contributed by atoms with Crippen LogP contribution >= 0.6 is 0 Å². The van der Waals surface area contributed by atoms with E-state index in [2.05, 4.69) is 32.5 Å². The normalized spacial score (nSPS) is 13.4. The number of benzene rings is 4. The molecule has 2 aliphatic rings. The lowest BCUT2D eigenvalue weighted by Crippen LogP contribution is -2.30. The van der Waals surface area contributed by atoms with Gasteiger partial charge in [0.1, 0.15) is 22.6 Å². The highest BCUT2D eigenvalue weighted by molar-refractivity contribution is 7.90. The van der Waals surface area contributed by atoms with Crippen molar-refractivity contribution in [3.8, 4) is 45.6 Å². The van der Waals surface area contributed by atoms with Gasteiger partial charge in [-0.3, -0.25) is 13.7 Å². The summed E-state index contributed by atoms with van der Waals surface area (Å²) in [6.07, 6.45) is 0.541. The summed E-state index contributed by atoms with van der Waals surface area (Å²) in [6.45, 7) is 1.70. The van der Waals surface area contributed by atoms with Crippen LogP contribution in [0.15, 0.2) is 92.4 Å². The maximum Gasteiger partial charge on any atom is 0.397 e. The molecule has 82 heavy (non-hydrogen) atoms. The minimum Gasteiger partial charge on any atom is -0.324 e. The van der Waals surface area contributed by atoms with Crippen molar-refractivity contribution in [1.29, 1.82) is 0 Å². The molecule has 0 fully saturated rings. The van der Waals surface area contributed by atoms with Crippen molar-refractivity contribution in [3.63, 3.8) is 0 Å². The highest BCUT2D eigenvalue weighted by atomic mass is 32.3. The van der Waals surface area contributed by atoms with E-state index >= 15 is 0 Å². The highest BCUT2D eigenvalue weighted by Gasteiger charge is 2.28. The fourth-order valence-electron chi connectivity index (χ4n) is 8.74. The maximum atomic E-state index is 13.9. The van der Waals surface area contributed by atoms with E-state index in [0.717, 1.165) is 12.1 Å². The monoisotopic (exact) mass is 1250 g/mol. The van der Waals surface area contributed by atoms with Gasteiger partial charge in [-0.25, -0.2) is 77.7 Å². The second-order valence-electron chi connectivity index (χ2n) is 18.5. The van der Waals surface area contributed by atoms with Crippen LogP contribution in [0.5, 0.6) is 0 Å². The van der Waals surface area contributed by atoms with E-state index in [9.17, 15) is 55.1 Å². The Balaban J connectivity index is 1.21. The minimum atomic E-state index is -4.79. The Kier molecular flexibility index (Phi) is 17.1. The van der Waals surface area contributed by atoms with E-state index in [1.54, 1.807) is 30.8 Å². The molecule has 3 aromatic heterocycles. The Morgan fingerprint density at radius 2 is 0.793 bits per heavy atom. The van der Waals surface area contributed by atoms with Crippen LogP contribution in [0.4, 0.5) is 0 Å². The summed E-state index contributed by atoms with van der Waals surface area (Å²) in [5, 5.41) is 0.825. The van der Waals surface area contributed by atoms with Crippen LogP contribution in [0, 0.1) is 0 Å². The number of aromatic nitrogens is 8. The second-order valence-corrected chi connectivity index (χ2v) is 27.4. The predicted octanol–water partition coefficient (Wildman–Crippen LogP) is 2.25. The Bertz CT molecular complexity index is 4590. The molecular formula is C46H51N13O17S6. The van der Waals surface area contributed by atoms with Gasteiger partial charge in [0.05, 0.1) is 32.8 Å². The first kappa shape index (κ1) is 60.1. The summed E-state index contributed by atoms with van der Waals surface area (Å²) in [4.78, 5) is 37.4. The number of sulfonamides is 3. The van der Waals surface area contributed by atoms with Crippen LogP contribution < -0.4 is 14.2 Å². The summed E-state index contributed by atoms with van der Waals surface area (Å²) in [5.41, 5.74) is 0.857. The molecule has 0 spiro atoms. The molecule has 8 N–H and O–H groups in total. The number of hydrogen-bond acceptors (Lipinski definition) is 22. The summed E-state index contributed by atoms with van der Waals surface area (Å²) in [5.74, 6) is -0.288. The standard InChI is InChI=1S/C46H51N13O17S6/c1-4-47-77(60,61)27-7-11-31-35(23-27)43-50-39(31)51-44-36-24-28(78(62,63)48-15-5-17-58(2)19-21-75-81(69,70)71)8-12-32(36)40(52-44)53-45-37-25-29(79(64,65)49-16-6-18-59(3)20-22-76-82(72,73)74)9-13-33(37)41(54-45)56-46-38-26-30(80(66,67)68)10-14-34(38)42(55-43)57-46/h7-14,23-26,47-49H,4-6,15-22H2,1-3H3,(H,66,67,68)(H,69,70,71)(H,72,73,74)(H2,50,51,52,53,54,55,56,57). The van der Waals surface area contributed by atoms with E-state index in [0.29, 0.717) is 13.1 Å². The van der Waals surface area contributed by atoms with Gasteiger partial charge >= 0.3 is 20.8 Å². The van der Waals surface area contributed by atoms with Gasteiger partial charge in [-0.2, -0.15) is 25.3 Å². The van der Waals surface area contributed by atoms with Crippen molar-refractivity contribution in [3.05, 3.63) is 72.8 Å². The quantitative estimate of drug-likeness (QED) is 0.0318. The molecule has 4 aromatic carbocycles. The fraction of sp³-hybridized carbons (Fsp3) is 0.304. The molecule has 36 heteroatoms. The van der Waals surface area contributed by atoms with Gasteiger partial charge in [-0.1, -0.05) is 6.92 Å². The van der Waals surface area contributed by atoms with Crippen molar-refractivity contribution in [2.24, 2.45) is 0 Å². The van der Waals surface area contributed by atoms with Crippen LogP contribution in [-0.4, -0.2) is 187 Å². The van der Waals surface area contributed by atoms with Gasteiger partial charge in [-0.15, -0.1) is 0 Å². The summed E-state index contributed by atoms with van der Waals surface area (Å²) in [7, 11) is -23.4. The Hall–Kier alpha value is -6.46. The average molecular weight is 1250 g/mol. The zero-order chi connectivity index (χ0) is 59.2. The molecule has 0 aliphatic carbocycles. The summed E-state index contributed by atoms with van der Waals surface area (Å²) >= 11 is 0. The third-order valence-electron chi connectivity index (χ3n) is 12.7. The van der Waals surface area contributed by atoms with Crippen LogP contribution in [0.1, 0.15) is 19.8 Å². The third-order valence-corrected chi connectivity index (χ3v) is 18.9. The highest BCUT2D eigenvalue weighted by Crippen LogP contribution is 2.39. The number of hydrogen-bond donors (Lipinski definition) is 8. The van der Waals surface area contributed by atoms with E-state index < -0.39 is 65.9 Å². The van der Waals surface area contributed by atoms with Crippen LogP contribution in [0.25, 0.3) is 89.7 Å². The molecule has 0 unspecified atom stereocenters. The third kappa shape index (κ3) is 13.8. The van der Waals surface area contributed by atoms with E-state index in [1.807, 2.05) is 0 Å². The molecule has 5 heterocycles. The molecule has 2 aliphatic heterocycles. The van der Waals surface area contributed by atoms with Crippen molar-refractivity contribution in [2.45, 2.75) is 39.3 Å². The topological polar surface area (TPSA) is 435 Å². The van der Waals surface area contributed by atoms with Crippen molar-refractivity contribution in [2.75, 3.05) is 73.1 Å². The van der Waals surface area contributed by atoms with Crippen molar-refractivity contribution < 1.29 is 72.5 Å². The molecule has 0 saturated carbocycles. The number of nitrogens with one attached hydrogen (secondary N) is 5. The lowest BCUT2D eigenvalue weighted by atomic mass is 10.1. The molecule has 0 amide bonds. The summed E-state index contributed by atoms with van der Waals surface area (Å²) < 4.78 is 195. The number of rotatable bonds is 24. The zero-order valence-electron chi connectivity index (χ0n) is 43.3. The van der Waals surface area contributed by atoms with Gasteiger partial charge in [0, 0.05) is 76.5 Å². The number of likely N-dealkylation sites (N-methyl/N-ethyl adjacent to an activating group) is 2. The van der Waals surface area contributed by atoms with Crippen molar-refractivity contribution >= 4 is 105 Å². The van der Waals surface area contributed by atoms with Crippen LogP contribution in [0.3, 0.4) is 0 Å². The Morgan fingerprint density at radius 3 is 1.20 bits per heavy atom. The van der Waals surface area contributed by atoms with Gasteiger partial charge < -0.3 is 19.8 Å². The SMILES string of the molecule is CCNS(=O)(=O)c1ccc2c(c1)-c1nc-2nc2[nH]c(nc3nc(nc4[nH]c(n1)c1ccc(S(=O)(=O)O)cc41)-c1ccc(S(=O)(=O)NCCCN(C)CCOS(=O)(=O)O)cc1-3)c1ccc(S(=O)(=O)NCCCN(C)CCOS(=O)(=O)O)cc21. The number of fused-ring (bicyclic) bond motifs is 20. The first-order valence-electron chi connectivity index (χ1n) is 24.4. The minimum absolute atomic E-state index is 0.00267. The molecule has 7 aromatic rings.